The molecule has 1 aromatic rings. The van der Waals surface area contributed by atoms with Gasteiger partial charge in [0.15, 0.2) is 0 Å². The van der Waals surface area contributed by atoms with E-state index in [2.05, 4.69) is 64.4 Å². The van der Waals surface area contributed by atoms with Crippen molar-refractivity contribution in [3.63, 3.8) is 0 Å². The largest absolute Gasteiger partial charge is 0.310 e. The van der Waals surface area contributed by atoms with Crippen LogP contribution in [0.2, 0.25) is 0 Å². The SMILES string of the molecule is C=CCN(Cc1cc(CNC(C)C)sc1C)C(C)(C)C. The maximum Gasteiger partial charge on any atom is 0.0302 e. The Morgan fingerprint density at radius 3 is 2.55 bits per heavy atom. The highest BCUT2D eigenvalue weighted by Gasteiger charge is 2.21. The van der Waals surface area contributed by atoms with Crippen molar-refractivity contribution in [1.82, 2.24) is 10.2 Å². The van der Waals surface area contributed by atoms with Crippen molar-refractivity contribution in [1.29, 1.82) is 0 Å². The summed E-state index contributed by atoms with van der Waals surface area (Å²) in [5.74, 6) is 0. The highest BCUT2D eigenvalue weighted by Crippen LogP contribution is 2.25. The Balaban J connectivity index is 2.77. The van der Waals surface area contributed by atoms with Crippen LogP contribution in [0, 0.1) is 6.92 Å². The lowest BCUT2D eigenvalue weighted by Gasteiger charge is -2.34. The zero-order chi connectivity index (χ0) is 15.3. The Kier molecular flexibility index (Phi) is 6.44. The van der Waals surface area contributed by atoms with Gasteiger partial charge in [-0.1, -0.05) is 19.9 Å². The van der Waals surface area contributed by atoms with Crippen molar-refractivity contribution < 1.29 is 0 Å². The molecule has 0 aromatic carbocycles. The van der Waals surface area contributed by atoms with Crippen molar-refractivity contribution >= 4 is 11.3 Å². The molecule has 0 bridgehead atoms. The van der Waals surface area contributed by atoms with E-state index in [0.717, 1.165) is 19.6 Å². The second-order valence-electron chi connectivity index (χ2n) is 6.67. The standard InChI is InChI=1S/C17H30N2S/c1-8-9-19(17(5,6)7)12-15-10-16(20-14(15)4)11-18-13(2)3/h8,10,13,18H,1,9,11-12H2,2-7H3. The Labute approximate surface area is 128 Å². The lowest BCUT2D eigenvalue weighted by Crippen LogP contribution is -2.40. The molecule has 0 aliphatic carbocycles. The molecule has 0 atom stereocenters. The first-order valence-electron chi connectivity index (χ1n) is 7.41. The van der Waals surface area contributed by atoms with E-state index in [4.69, 9.17) is 0 Å². The molecule has 0 fully saturated rings. The Bertz CT molecular complexity index is 427. The van der Waals surface area contributed by atoms with Crippen LogP contribution in [0.1, 0.15) is 49.9 Å². The van der Waals surface area contributed by atoms with Gasteiger partial charge < -0.3 is 5.32 Å². The number of rotatable bonds is 7. The van der Waals surface area contributed by atoms with Crippen molar-refractivity contribution in [2.24, 2.45) is 0 Å². The van der Waals surface area contributed by atoms with Crippen LogP contribution in [0.15, 0.2) is 18.7 Å². The highest BCUT2D eigenvalue weighted by atomic mass is 32.1. The minimum absolute atomic E-state index is 0.166. The maximum atomic E-state index is 3.88. The van der Waals surface area contributed by atoms with Crippen LogP contribution in [0.25, 0.3) is 0 Å². The molecule has 0 amide bonds. The summed E-state index contributed by atoms with van der Waals surface area (Å²) >= 11 is 1.91. The number of thiophene rings is 1. The molecule has 20 heavy (non-hydrogen) atoms. The molecule has 3 heteroatoms. The molecule has 0 aliphatic heterocycles. The summed E-state index contributed by atoms with van der Waals surface area (Å²) in [6, 6.07) is 2.89. The van der Waals surface area contributed by atoms with Gasteiger partial charge in [0.05, 0.1) is 0 Å². The van der Waals surface area contributed by atoms with Crippen molar-refractivity contribution in [2.75, 3.05) is 6.54 Å². The predicted octanol–water partition coefficient (Wildman–Crippen LogP) is 4.34. The van der Waals surface area contributed by atoms with E-state index in [-0.39, 0.29) is 5.54 Å². The molecule has 0 radical (unpaired) electrons. The van der Waals surface area contributed by atoms with Gasteiger partial charge in [-0.05, 0) is 39.3 Å². The second kappa shape index (κ2) is 7.39. The third kappa shape index (κ3) is 5.39. The van der Waals surface area contributed by atoms with E-state index in [9.17, 15) is 0 Å². The lowest BCUT2D eigenvalue weighted by molar-refractivity contribution is 0.145. The molecule has 1 aromatic heterocycles. The summed E-state index contributed by atoms with van der Waals surface area (Å²) in [4.78, 5) is 5.33. The molecule has 1 heterocycles. The van der Waals surface area contributed by atoms with Crippen molar-refractivity contribution in [3.05, 3.63) is 34.0 Å². The lowest BCUT2D eigenvalue weighted by atomic mass is 10.0. The monoisotopic (exact) mass is 294 g/mol. The topological polar surface area (TPSA) is 15.3 Å². The van der Waals surface area contributed by atoms with Crippen LogP contribution >= 0.6 is 11.3 Å². The fourth-order valence-electron chi connectivity index (χ4n) is 2.07. The third-order valence-corrected chi connectivity index (χ3v) is 4.51. The normalized spacial score (nSPS) is 12.4. The molecule has 0 saturated carbocycles. The molecule has 0 saturated heterocycles. The van der Waals surface area contributed by atoms with Crippen molar-refractivity contribution in [3.8, 4) is 0 Å². The summed E-state index contributed by atoms with van der Waals surface area (Å²) in [7, 11) is 0. The fraction of sp³-hybridized carbons (Fsp3) is 0.647. The Hall–Kier alpha value is -0.640. The van der Waals surface area contributed by atoms with E-state index in [1.54, 1.807) is 0 Å². The van der Waals surface area contributed by atoms with Gasteiger partial charge in [0, 0.05) is 41.0 Å². The van der Waals surface area contributed by atoms with Crippen LogP contribution in [-0.4, -0.2) is 23.0 Å². The van der Waals surface area contributed by atoms with Crippen LogP contribution in [0.3, 0.4) is 0 Å². The number of nitrogens with one attached hydrogen (secondary N) is 1. The molecule has 0 unspecified atom stereocenters. The van der Waals surface area contributed by atoms with E-state index in [1.165, 1.54) is 15.3 Å². The molecular weight excluding hydrogens is 264 g/mol. The summed E-state index contributed by atoms with van der Waals surface area (Å²) in [5, 5.41) is 3.49. The number of aryl methyl sites for hydroxylation is 1. The van der Waals surface area contributed by atoms with E-state index < -0.39 is 0 Å². The van der Waals surface area contributed by atoms with Crippen molar-refractivity contribution in [2.45, 2.75) is 66.2 Å². The van der Waals surface area contributed by atoms with Gasteiger partial charge in [0.2, 0.25) is 0 Å². The van der Waals surface area contributed by atoms with Gasteiger partial charge in [-0.15, -0.1) is 17.9 Å². The second-order valence-corrected chi connectivity index (χ2v) is 8.01. The highest BCUT2D eigenvalue weighted by molar-refractivity contribution is 7.12. The third-order valence-electron chi connectivity index (χ3n) is 3.42. The molecule has 114 valence electrons. The van der Waals surface area contributed by atoms with Gasteiger partial charge in [-0.3, -0.25) is 4.90 Å². The van der Waals surface area contributed by atoms with E-state index in [0.29, 0.717) is 6.04 Å². The molecule has 0 spiro atoms. The molecular formula is C17H30N2S. The molecule has 2 nitrogen and oxygen atoms in total. The average molecular weight is 295 g/mol. The van der Waals surface area contributed by atoms with Crippen LogP contribution in [-0.2, 0) is 13.1 Å². The summed E-state index contributed by atoms with van der Waals surface area (Å²) in [6.07, 6.45) is 1.99. The zero-order valence-electron chi connectivity index (χ0n) is 13.9. The molecule has 1 N–H and O–H groups in total. The van der Waals surface area contributed by atoms with E-state index >= 15 is 0 Å². The van der Waals surface area contributed by atoms with Crippen LogP contribution in [0.4, 0.5) is 0 Å². The minimum atomic E-state index is 0.166. The smallest absolute Gasteiger partial charge is 0.0302 e. The first-order valence-corrected chi connectivity index (χ1v) is 8.23. The van der Waals surface area contributed by atoms with Crippen LogP contribution < -0.4 is 5.32 Å². The number of hydrogen-bond acceptors (Lipinski definition) is 3. The maximum absolute atomic E-state index is 3.88. The summed E-state index contributed by atoms with van der Waals surface area (Å²) in [5.41, 5.74) is 1.62. The fourth-order valence-corrected chi connectivity index (χ4v) is 3.08. The quantitative estimate of drug-likeness (QED) is 0.753. The van der Waals surface area contributed by atoms with Crippen LogP contribution in [0.5, 0.6) is 0 Å². The first-order chi connectivity index (χ1) is 9.24. The molecule has 1 rings (SSSR count). The molecule has 0 aliphatic rings. The van der Waals surface area contributed by atoms with Gasteiger partial charge in [-0.2, -0.15) is 0 Å². The minimum Gasteiger partial charge on any atom is -0.310 e. The van der Waals surface area contributed by atoms with Gasteiger partial charge >= 0.3 is 0 Å². The summed E-state index contributed by atoms with van der Waals surface area (Å²) < 4.78 is 0. The number of nitrogens with zero attached hydrogens (tertiary/aromatic N) is 1. The van der Waals surface area contributed by atoms with Gasteiger partial charge in [0.25, 0.3) is 0 Å². The average Bonchev–Trinajstić information content (AvgIpc) is 2.66. The summed E-state index contributed by atoms with van der Waals surface area (Å²) in [6.45, 7) is 20.2. The predicted molar refractivity (Wildman–Crippen MR) is 91.4 cm³/mol. The first kappa shape index (κ1) is 17.4. The number of hydrogen-bond donors (Lipinski definition) is 1. The van der Waals surface area contributed by atoms with Gasteiger partial charge in [0.1, 0.15) is 0 Å². The van der Waals surface area contributed by atoms with E-state index in [1.807, 2.05) is 17.4 Å². The Morgan fingerprint density at radius 2 is 2.05 bits per heavy atom. The zero-order valence-corrected chi connectivity index (χ0v) is 14.7. The van der Waals surface area contributed by atoms with Gasteiger partial charge in [-0.25, -0.2) is 0 Å². The Morgan fingerprint density at radius 1 is 1.40 bits per heavy atom.